The van der Waals surface area contributed by atoms with Crippen molar-refractivity contribution >= 4 is 27.7 Å². The molecule has 0 fully saturated rings. The molecule has 0 aliphatic heterocycles. The fourth-order valence-corrected chi connectivity index (χ4v) is 3.45. The number of aromatic nitrogens is 3. The van der Waals surface area contributed by atoms with Crippen LogP contribution in [0.5, 0.6) is 0 Å². The van der Waals surface area contributed by atoms with E-state index >= 15 is 0 Å². The van der Waals surface area contributed by atoms with Gasteiger partial charge in [0.15, 0.2) is 0 Å². The number of H-pyrrole nitrogens is 1. The van der Waals surface area contributed by atoms with Crippen LogP contribution in [-0.4, -0.2) is 48.9 Å². The van der Waals surface area contributed by atoms with Gasteiger partial charge in [-0.05, 0) is 38.1 Å². The number of carbonyl (C=O) groups is 1. The van der Waals surface area contributed by atoms with Crippen molar-refractivity contribution in [2.75, 3.05) is 19.3 Å². The number of nitrogens with one attached hydrogen (secondary N) is 3. The summed E-state index contributed by atoms with van der Waals surface area (Å²) >= 11 is 1.47. The maximum Gasteiger partial charge on any atom is 0.240 e. The monoisotopic (exact) mass is 383 g/mol. The number of thioether (sulfide) groups is 1. The number of rotatable bonds is 9. The minimum absolute atomic E-state index is 0.0429. The van der Waals surface area contributed by atoms with Crippen molar-refractivity contribution in [2.24, 2.45) is 0 Å². The molecule has 2 aromatic rings. The number of amides is 1. The van der Waals surface area contributed by atoms with Crippen molar-refractivity contribution in [1.82, 2.24) is 25.2 Å². The van der Waals surface area contributed by atoms with Gasteiger partial charge in [-0.15, -0.1) is 5.10 Å². The first-order valence-corrected chi connectivity index (χ1v) is 10.2. The second-order valence-corrected chi connectivity index (χ2v) is 8.20. The number of benzene rings is 1. The average molecular weight is 383 g/mol. The molecule has 136 valence electrons. The molecule has 0 aliphatic rings. The summed E-state index contributed by atoms with van der Waals surface area (Å²) < 4.78 is 25.5. The smallest absolute Gasteiger partial charge is 0.240 e. The molecule has 0 saturated heterocycles. The van der Waals surface area contributed by atoms with Gasteiger partial charge < -0.3 is 5.32 Å². The molecule has 25 heavy (non-hydrogen) atoms. The van der Waals surface area contributed by atoms with E-state index in [0.29, 0.717) is 30.3 Å². The summed E-state index contributed by atoms with van der Waals surface area (Å²) in [6, 6.07) is 6.51. The molecule has 0 spiro atoms. The van der Waals surface area contributed by atoms with Gasteiger partial charge in [-0.3, -0.25) is 9.89 Å². The summed E-state index contributed by atoms with van der Waals surface area (Å²) in [4.78, 5) is 16.2. The van der Waals surface area contributed by atoms with Gasteiger partial charge in [0, 0.05) is 18.7 Å². The molecule has 2 rings (SSSR count). The first kappa shape index (κ1) is 19.4. The standard InChI is InChI=1S/C15H21N5O3S2/c1-11-18-15(20-19-11)24-10-9-17-14(21)8-5-12-3-6-13(7-4-12)25(22,23)16-2/h3-4,6-7,16H,5,8-10H2,1-2H3,(H,17,21)(H,18,19,20). The van der Waals surface area contributed by atoms with Gasteiger partial charge in [0.25, 0.3) is 0 Å². The lowest BCUT2D eigenvalue weighted by molar-refractivity contribution is -0.120. The maximum absolute atomic E-state index is 11.8. The van der Waals surface area contributed by atoms with E-state index in [9.17, 15) is 13.2 Å². The Hall–Kier alpha value is -1.91. The Balaban J connectivity index is 1.69. The lowest BCUT2D eigenvalue weighted by atomic mass is 10.1. The number of aryl methyl sites for hydroxylation is 2. The molecule has 1 amide bonds. The number of aromatic amines is 1. The summed E-state index contributed by atoms with van der Waals surface area (Å²) in [6.07, 6.45) is 0.904. The van der Waals surface area contributed by atoms with Crippen LogP contribution in [0.4, 0.5) is 0 Å². The SMILES string of the molecule is CNS(=O)(=O)c1ccc(CCC(=O)NCCSc2n[nH]c(C)n2)cc1. The van der Waals surface area contributed by atoms with Crippen molar-refractivity contribution in [3.8, 4) is 0 Å². The van der Waals surface area contributed by atoms with Crippen molar-refractivity contribution in [2.45, 2.75) is 29.8 Å². The van der Waals surface area contributed by atoms with E-state index in [1.807, 2.05) is 6.92 Å². The highest BCUT2D eigenvalue weighted by atomic mass is 32.2. The predicted molar refractivity (Wildman–Crippen MR) is 95.9 cm³/mol. The molecule has 0 aliphatic carbocycles. The first-order chi connectivity index (χ1) is 11.9. The van der Waals surface area contributed by atoms with Gasteiger partial charge in [0.05, 0.1) is 4.90 Å². The van der Waals surface area contributed by atoms with E-state index in [-0.39, 0.29) is 10.8 Å². The predicted octanol–water partition coefficient (Wildman–Crippen LogP) is 0.862. The lowest BCUT2D eigenvalue weighted by Gasteiger charge is -2.06. The summed E-state index contributed by atoms with van der Waals surface area (Å²) in [6.45, 7) is 2.37. The Morgan fingerprint density at radius 2 is 2.00 bits per heavy atom. The summed E-state index contributed by atoms with van der Waals surface area (Å²) in [5.41, 5.74) is 0.913. The quantitative estimate of drug-likeness (QED) is 0.437. The molecule has 0 atom stereocenters. The fourth-order valence-electron chi connectivity index (χ4n) is 2.02. The second kappa shape index (κ2) is 8.97. The number of carbonyl (C=O) groups excluding carboxylic acids is 1. The topological polar surface area (TPSA) is 117 Å². The Labute approximate surface area is 151 Å². The molecular weight excluding hydrogens is 362 g/mol. The number of nitrogens with zero attached hydrogens (tertiary/aromatic N) is 2. The molecule has 1 aromatic carbocycles. The minimum atomic E-state index is -3.43. The van der Waals surface area contributed by atoms with Crippen LogP contribution in [-0.2, 0) is 21.2 Å². The summed E-state index contributed by atoms with van der Waals surface area (Å²) in [7, 11) is -2.06. The van der Waals surface area contributed by atoms with E-state index < -0.39 is 10.0 Å². The van der Waals surface area contributed by atoms with Crippen LogP contribution in [0.3, 0.4) is 0 Å². The van der Waals surface area contributed by atoms with E-state index in [1.54, 1.807) is 12.1 Å². The third kappa shape index (κ3) is 6.15. The van der Waals surface area contributed by atoms with E-state index in [0.717, 1.165) is 11.4 Å². The Morgan fingerprint density at radius 3 is 2.60 bits per heavy atom. The van der Waals surface area contributed by atoms with Gasteiger partial charge in [-0.25, -0.2) is 18.1 Å². The van der Waals surface area contributed by atoms with Crippen LogP contribution < -0.4 is 10.0 Å². The minimum Gasteiger partial charge on any atom is -0.355 e. The van der Waals surface area contributed by atoms with Gasteiger partial charge in [-0.2, -0.15) is 0 Å². The molecular formula is C15H21N5O3S2. The second-order valence-electron chi connectivity index (χ2n) is 5.25. The van der Waals surface area contributed by atoms with E-state index in [2.05, 4.69) is 25.2 Å². The number of sulfonamides is 1. The van der Waals surface area contributed by atoms with Crippen LogP contribution >= 0.6 is 11.8 Å². The van der Waals surface area contributed by atoms with Crippen molar-refractivity contribution in [3.05, 3.63) is 35.7 Å². The molecule has 8 nitrogen and oxygen atoms in total. The molecule has 10 heteroatoms. The number of hydrogen-bond donors (Lipinski definition) is 3. The van der Waals surface area contributed by atoms with E-state index in [1.165, 1.54) is 30.9 Å². The lowest BCUT2D eigenvalue weighted by Crippen LogP contribution is -2.25. The Kier molecular flexibility index (Phi) is 6.97. The highest BCUT2D eigenvalue weighted by Crippen LogP contribution is 2.12. The third-order valence-corrected chi connectivity index (χ3v) is 5.65. The molecule has 0 radical (unpaired) electrons. The molecule has 0 bridgehead atoms. The van der Waals surface area contributed by atoms with Crippen molar-refractivity contribution in [3.63, 3.8) is 0 Å². The van der Waals surface area contributed by atoms with Gasteiger partial charge in [0.1, 0.15) is 5.82 Å². The highest BCUT2D eigenvalue weighted by Gasteiger charge is 2.10. The van der Waals surface area contributed by atoms with Gasteiger partial charge in [-0.1, -0.05) is 23.9 Å². The molecule has 0 saturated carbocycles. The Morgan fingerprint density at radius 1 is 1.28 bits per heavy atom. The van der Waals surface area contributed by atoms with Crippen LogP contribution in [0.25, 0.3) is 0 Å². The van der Waals surface area contributed by atoms with Crippen molar-refractivity contribution < 1.29 is 13.2 Å². The number of hydrogen-bond acceptors (Lipinski definition) is 6. The van der Waals surface area contributed by atoms with E-state index in [4.69, 9.17) is 0 Å². The van der Waals surface area contributed by atoms with Crippen LogP contribution in [0.1, 0.15) is 17.8 Å². The highest BCUT2D eigenvalue weighted by molar-refractivity contribution is 7.99. The largest absolute Gasteiger partial charge is 0.355 e. The van der Waals surface area contributed by atoms with Gasteiger partial charge in [0.2, 0.25) is 21.1 Å². The first-order valence-electron chi connectivity index (χ1n) is 7.71. The molecule has 1 aromatic heterocycles. The van der Waals surface area contributed by atoms with Crippen LogP contribution in [0.2, 0.25) is 0 Å². The molecule has 1 heterocycles. The maximum atomic E-state index is 11.8. The zero-order chi connectivity index (χ0) is 18.3. The van der Waals surface area contributed by atoms with Crippen LogP contribution in [0.15, 0.2) is 34.3 Å². The molecule has 0 unspecified atom stereocenters. The normalized spacial score (nSPS) is 11.4. The van der Waals surface area contributed by atoms with Crippen molar-refractivity contribution in [1.29, 1.82) is 0 Å². The fraction of sp³-hybridized carbons (Fsp3) is 0.400. The zero-order valence-corrected chi connectivity index (χ0v) is 15.7. The average Bonchev–Trinajstić information content (AvgIpc) is 3.02. The summed E-state index contributed by atoms with van der Waals surface area (Å²) in [5.74, 6) is 1.42. The Bertz CT molecular complexity index is 803. The summed E-state index contributed by atoms with van der Waals surface area (Å²) in [5, 5.41) is 10.3. The van der Waals surface area contributed by atoms with Crippen LogP contribution in [0, 0.1) is 6.92 Å². The zero-order valence-electron chi connectivity index (χ0n) is 14.1. The third-order valence-electron chi connectivity index (χ3n) is 3.38. The van der Waals surface area contributed by atoms with Gasteiger partial charge >= 0.3 is 0 Å². The molecule has 3 N–H and O–H groups in total.